The Balaban J connectivity index is 2.66. The van der Waals surface area contributed by atoms with Crippen molar-refractivity contribution in [2.45, 2.75) is 32.3 Å². The molecule has 0 fully saturated rings. The minimum atomic E-state index is -0.386. The van der Waals surface area contributed by atoms with Gasteiger partial charge in [0.15, 0.2) is 0 Å². The summed E-state index contributed by atoms with van der Waals surface area (Å²) in [6.07, 6.45) is 0.203. The van der Waals surface area contributed by atoms with Gasteiger partial charge >= 0.3 is 0 Å². The first kappa shape index (κ1) is 14.5. The van der Waals surface area contributed by atoms with Crippen LogP contribution in [0.25, 0.3) is 0 Å². The van der Waals surface area contributed by atoms with Gasteiger partial charge in [0.2, 0.25) is 5.91 Å². The van der Waals surface area contributed by atoms with Crippen molar-refractivity contribution >= 4 is 11.6 Å². The minimum absolute atomic E-state index is 0.0428. The first-order valence-electron chi connectivity index (χ1n) is 6.20. The van der Waals surface area contributed by atoms with Crippen LogP contribution in [0.1, 0.15) is 31.7 Å². The summed E-state index contributed by atoms with van der Waals surface area (Å²) in [7, 11) is 1.76. The minimum Gasteiger partial charge on any atom is -0.399 e. The summed E-state index contributed by atoms with van der Waals surface area (Å²) in [6.45, 7) is 4.15. The van der Waals surface area contributed by atoms with E-state index in [0.29, 0.717) is 18.7 Å². The highest BCUT2D eigenvalue weighted by Crippen LogP contribution is 2.19. The van der Waals surface area contributed by atoms with Crippen molar-refractivity contribution in [2.24, 2.45) is 0 Å². The highest BCUT2D eigenvalue weighted by Gasteiger charge is 2.19. The Hall–Kier alpha value is -1.55. The van der Waals surface area contributed by atoms with Gasteiger partial charge in [-0.3, -0.25) is 4.79 Å². The quantitative estimate of drug-likeness (QED) is 0.780. The molecule has 0 aromatic heterocycles. The molecule has 18 heavy (non-hydrogen) atoms. The van der Waals surface area contributed by atoms with E-state index in [9.17, 15) is 9.90 Å². The summed E-state index contributed by atoms with van der Waals surface area (Å²) in [5.41, 5.74) is 7.30. The molecule has 0 aliphatic carbocycles. The Bertz CT molecular complexity index is 405. The van der Waals surface area contributed by atoms with Crippen LogP contribution in [-0.4, -0.2) is 35.6 Å². The van der Waals surface area contributed by atoms with Gasteiger partial charge in [-0.1, -0.05) is 12.1 Å². The van der Waals surface area contributed by atoms with E-state index in [2.05, 4.69) is 0 Å². The van der Waals surface area contributed by atoms with E-state index in [4.69, 9.17) is 5.73 Å². The number of aliphatic hydroxyl groups excluding tert-OH is 1. The van der Waals surface area contributed by atoms with Crippen molar-refractivity contribution < 1.29 is 9.90 Å². The van der Waals surface area contributed by atoms with Crippen molar-refractivity contribution in [3.05, 3.63) is 29.8 Å². The van der Waals surface area contributed by atoms with Crippen LogP contribution in [0.3, 0.4) is 0 Å². The first-order valence-corrected chi connectivity index (χ1v) is 6.20. The number of benzene rings is 1. The Morgan fingerprint density at radius 2 is 2.11 bits per heavy atom. The third-order valence-electron chi connectivity index (χ3n) is 3.04. The van der Waals surface area contributed by atoms with E-state index in [0.717, 1.165) is 5.56 Å². The number of nitrogens with two attached hydrogens (primary N) is 1. The van der Waals surface area contributed by atoms with E-state index >= 15 is 0 Å². The fourth-order valence-corrected chi connectivity index (χ4v) is 1.79. The van der Waals surface area contributed by atoms with Gasteiger partial charge in [-0.15, -0.1) is 0 Å². The molecule has 0 heterocycles. The van der Waals surface area contributed by atoms with Gasteiger partial charge in [0.25, 0.3) is 0 Å². The van der Waals surface area contributed by atoms with Crippen molar-refractivity contribution in [1.29, 1.82) is 0 Å². The Morgan fingerprint density at radius 1 is 1.44 bits per heavy atom. The van der Waals surface area contributed by atoms with Crippen molar-refractivity contribution in [1.82, 2.24) is 4.90 Å². The molecule has 1 rings (SSSR count). The summed E-state index contributed by atoms with van der Waals surface area (Å²) in [5.74, 6) is -0.172. The molecule has 0 radical (unpaired) electrons. The standard InChI is InChI=1S/C14H22N2O2/c1-10(17)7-8-16(3)14(18)11(2)12-5-4-6-13(15)9-12/h4-6,9-11,17H,7-8,15H2,1-3H3. The number of likely N-dealkylation sites (N-methyl/N-ethyl adjacent to an activating group) is 1. The van der Waals surface area contributed by atoms with Gasteiger partial charge in [-0.25, -0.2) is 0 Å². The second-order valence-electron chi connectivity index (χ2n) is 4.79. The number of nitrogen functional groups attached to an aromatic ring is 1. The zero-order valence-corrected chi connectivity index (χ0v) is 11.3. The van der Waals surface area contributed by atoms with Crippen LogP contribution in [0.2, 0.25) is 0 Å². The maximum atomic E-state index is 12.2. The Morgan fingerprint density at radius 3 is 2.67 bits per heavy atom. The monoisotopic (exact) mass is 250 g/mol. The van der Waals surface area contributed by atoms with Crippen LogP contribution in [0.4, 0.5) is 5.69 Å². The van der Waals surface area contributed by atoms with E-state index in [1.165, 1.54) is 0 Å². The zero-order chi connectivity index (χ0) is 13.7. The molecule has 2 unspecified atom stereocenters. The number of hydrogen-bond donors (Lipinski definition) is 2. The number of nitrogens with zero attached hydrogens (tertiary/aromatic N) is 1. The predicted molar refractivity (Wildman–Crippen MR) is 73.2 cm³/mol. The third-order valence-corrected chi connectivity index (χ3v) is 3.04. The fraction of sp³-hybridized carbons (Fsp3) is 0.500. The van der Waals surface area contributed by atoms with Gasteiger partial charge in [0, 0.05) is 19.3 Å². The van der Waals surface area contributed by atoms with Crippen molar-refractivity contribution in [3.63, 3.8) is 0 Å². The number of anilines is 1. The van der Waals surface area contributed by atoms with Crippen molar-refractivity contribution in [3.8, 4) is 0 Å². The van der Waals surface area contributed by atoms with Crippen LogP contribution < -0.4 is 5.73 Å². The number of hydrogen-bond acceptors (Lipinski definition) is 3. The molecule has 1 amide bonds. The number of aliphatic hydroxyl groups is 1. The molecule has 0 bridgehead atoms. The summed E-state index contributed by atoms with van der Waals surface area (Å²) >= 11 is 0. The average Bonchev–Trinajstić information content (AvgIpc) is 2.34. The summed E-state index contributed by atoms with van der Waals surface area (Å²) < 4.78 is 0. The SMILES string of the molecule is CC(O)CCN(C)C(=O)C(C)c1cccc(N)c1. The lowest BCUT2D eigenvalue weighted by atomic mass is 9.99. The summed E-state index contributed by atoms with van der Waals surface area (Å²) in [4.78, 5) is 13.8. The highest BCUT2D eigenvalue weighted by molar-refractivity contribution is 5.83. The first-order chi connectivity index (χ1) is 8.41. The van der Waals surface area contributed by atoms with Gasteiger partial charge in [0.1, 0.15) is 0 Å². The fourth-order valence-electron chi connectivity index (χ4n) is 1.79. The second kappa shape index (κ2) is 6.40. The Kier molecular flexibility index (Phi) is 5.16. The lowest BCUT2D eigenvalue weighted by Gasteiger charge is -2.22. The number of amides is 1. The van der Waals surface area contributed by atoms with E-state index < -0.39 is 0 Å². The van der Waals surface area contributed by atoms with Crippen LogP contribution >= 0.6 is 0 Å². The van der Waals surface area contributed by atoms with E-state index in [-0.39, 0.29) is 17.9 Å². The highest BCUT2D eigenvalue weighted by atomic mass is 16.3. The zero-order valence-electron chi connectivity index (χ0n) is 11.3. The molecule has 100 valence electrons. The lowest BCUT2D eigenvalue weighted by Crippen LogP contribution is -2.32. The van der Waals surface area contributed by atoms with Crippen LogP contribution in [0.15, 0.2) is 24.3 Å². The lowest BCUT2D eigenvalue weighted by molar-refractivity contribution is -0.131. The van der Waals surface area contributed by atoms with E-state index in [1.807, 2.05) is 25.1 Å². The van der Waals surface area contributed by atoms with Gasteiger partial charge in [0.05, 0.1) is 12.0 Å². The maximum Gasteiger partial charge on any atom is 0.229 e. The molecule has 0 aliphatic rings. The number of carbonyl (C=O) groups excluding carboxylic acids is 1. The van der Waals surface area contributed by atoms with Crippen molar-refractivity contribution in [2.75, 3.05) is 19.3 Å². The van der Waals surface area contributed by atoms with Gasteiger partial charge in [-0.05, 0) is 38.0 Å². The van der Waals surface area contributed by atoms with Gasteiger partial charge < -0.3 is 15.7 Å². The molecule has 0 spiro atoms. The number of carbonyl (C=O) groups is 1. The van der Waals surface area contributed by atoms with Crippen LogP contribution in [0.5, 0.6) is 0 Å². The molecule has 1 aromatic rings. The second-order valence-corrected chi connectivity index (χ2v) is 4.79. The Labute approximate surface area is 108 Å². The average molecular weight is 250 g/mol. The largest absolute Gasteiger partial charge is 0.399 e. The molecular formula is C14H22N2O2. The molecule has 4 heteroatoms. The van der Waals surface area contributed by atoms with Gasteiger partial charge in [-0.2, -0.15) is 0 Å². The molecule has 0 saturated heterocycles. The molecule has 0 saturated carbocycles. The normalized spacial score (nSPS) is 14.0. The molecule has 2 atom stereocenters. The summed E-state index contributed by atoms with van der Waals surface area (Å²) in [6, 6.07) is 7.38. The third kappa shape index (κ3) is 4.04. The molecule has 3 N–H and O–H groups in total. The molecule has 0 aliphatic heterocycles. The topological polar surface area (TPSA) is 66.6 Å². The smallest absolute Gasteiger partial charge is 0.229 e. The van der Waals surface area contributed by atoms with Crippen LogP contribution in [0, 0.1) is 0 Å². The van der Waals surface area contributed by atoms with E-state index in [1.54, 1.807) is 24.9 Å². The molecular weight excluding hydrogens is 228 g/mol. The molecule has 4 nitrogen and oxygen atoms in total. The predicted octanol–water partition coefficient (Wildman–Crippen LogP) is 1.60. The number of rotatable bonds is 5. The maximum absolute atomic E-state index is 12.2. The molecule has 1 aromatic carbocycles. The summed E-state index contributed by atoms with van der Waals surface area (Å²) in [5, 5.41) is 9.22. The van der Waals surface area contributed by atoms with Crippen LogP contribution in [-0.2, 0) is 4.79 Å².